The highest BCUT2D eigenvalue weighted by Gasteiger charge is 2.07. The Morgan fingerprint density at radius 2 is 0.926 bits per heavy atom. The molecule has 0 saturated carbocycles. The van der Waals surface area contributed by atoms with Crippen LogP contribution in [-0.4, -0.2) is 29.9 Å². The molecule has 0 aromatic carbocycles. The predicted octanol–water partition coefficient (Wildman–Crippen LogP) is 6.67. The molecule has 1 atom stereocenters. The fourth-order valence-electron chi connectivity index (χ4n) is 3.56. The molecule has 0 aliphatic carbocycles. The van der Waals surface area contributed by atoms with Crippen molar-refractivity contribution in [3.05, 3.63) is 0 Å². The van der Waals surface area contributed by atoms with E-state index in [2.05, 4.69) is 6.92 Å². The molecule has 0 bridgehead atoms. The molecule has 0 aromatic rings. The lowest BCUT2D eigenvalue weighted by atomic mass is 10.0. The smallest absolute Gasteiger partial charge is 0.264 e. The molecule has 0 aromatic heterocycles. The van der Waals surface area contributed by atoms with E-state index in [1.807, 2.05) is 0 Å². The molecule has 0 aliphatic rings. The molecule has 5 heteroatoms. The Kier molecular flexibility index (Phi) is 19.1. The Hall–Kier alpha value is -0.130. The fourth-order valence-corrected chi connectivity index (χ4v) is 4.13. The van der Waals surface area contributed by atoms with Crippen molar-refractivity contribution in [2.24, 2.45) is 0 Å². The third-order valence-electron chi connectivity index (χ3n) is 5.33. The quantitative estimate of drug-likeness (QED) is 0.165. The number of aliphatic hydroxyl groups is 1. The molecular weight excluding hydrogens is 360 g/mol. The van der Waals surface area contributed by atoms with Gasteiger partial charge in [-0.15, -0.1) is 0 Å². The summed E-state index contributed by atoms with van der Waals surface area (Å²) in [5.41, 5.74) is 0. The van der Waals surface area contributed by atoms with Crippen LogP contribution in [0.4, 0.5) is 0 Å². The molecule has 0 fully saturated rings. The van der Waals surface area contributed by atoms with Crippen LogP contribution in [0.3, 0.4) is 0 Å². The number of aliphatic hydroxyl groups excluding tert-OH is 1. The zero-order chi connectivity index (χ0) is 20.2. The van der Waals surface area contributed by atoms with Gasteiger partial charge in [-0.1, -0.05) is 103 Å². The molecule has 27 heavy (non-hydrogen) atoms. The molecule has 1 unspecified atom stereocenters. The van der Waals surface area contributed by atoms with Crippen molar-refractivity contribution in [3.63, 3.8) is 0 Å². The molecule has 0 aliphatic heterocycles. The van der Waals surface area contributed by atoms with Crippen LogP contribution in [0.25, 0.3) is 0 Å². The van der Waals surface area contributed by atoms with Gasteiger partial charge >= 0.3 is 0 Å². The van der Waals surface area contributed by atoms with Crippen LogP contribution in [0.2, 0.25) is 0 Å². The molecule has 0 rings (SSSR count). The van der Waals surface area contributed by atoms with E-state index >= 15 is 0 Å². The molecule has 164 valence electrons. The average molecular weight is 407 g/mol. The van der Waals surface area contributed by atoms with Crippen molar-refractivity contribution in [3.8, 4) is 0 Å². The lowest BCUT2D eigenvalue weighted by Gasteiger charge is -2.10. The van der Waals surface area contributed by atoms with Gasteiger partial charge in [-0.3, -0.25) is 4.55 Å². The van der Waals surface area contributed by atoms with E-state index in [1.165, 1.54) is 89.9 Å². The lowest BCUT2D eigenvalue weighted by Crippen LogP contribution is -2.08. The second-order valence-electron chi connectivity index (χ2n) is 8.17. The maximum Gasteiger partial charge on any atom is 0.264 e. The molecule has 4 nitrogen and oxygen atoms in total. The van der Waals surface area contributed by atoms with Gasteiger partial charge in [0, 0.05) is 0 Å². The summed E-state index contributed by atoms with van der Waals surface area (Å²) in [5.74, 6) is -0.196. The molecule has 0 saturated heterocycles. The first kappa shape index (κ1) is 26.9. The largest absolute Gasteiger partial charge is 0.393 e. The lowest BCUT2D eigenvalue weighted by molar-refractivity contribution is 0.148. The van der Waals surface area contributed by atoms with Crippen molar-refractivity contribution in [1.29, 1.82) is 0 Å². The van der Waals surface area contributed by atoms with E-state index in [9.17, 15) is 13.5 Å². The molecule has 0 amide bonds. The van der Waals surface area contributed by atoms with Gasteiger partial charge in [0.25, 0.3) is 10.1 Å². The van der Waals surface area contributed by atoms with E-state index in [4.69, 9.17) is 4.55 Å². The van der Waals surface area contributed by atoms with Crippen LogP contribution in [0.15, 0.2) is 0 Å². The van der Waals surface area contributed by atoms with Gasteiger partial charge in [0.2, 0.25) is 0 Å². The minimum absolute atomic E-state index is 0.196. The minimum atomic E-state index is -3.85. The van der Waals surface area contributed by atoms with Crippen molar-refractivity contribution >= 4 is 10.1 Å². The van der Waals surface area contributed by atoms with Crippen LogP contribution in [-0.2, 0) is 10.1 Å². The number of hydrogen-bond donors (Lipinski definition) is 2. The normalized spacial score (nSPS) is 13.1. The van der Waals surface area contributed by atoms with Crippen LogP contribution in [0.1, 0.15) is 129 Å². The van der Waals surface area contributed by atoms with Crippen molar-refractivity contribution in [1.82, 2.24) is 0 Å². The van der Waals surface area contributed by atoms with Gasteiger partial charge in [-0.2, -0.15) is 8.42 Å². The maximum atomic E-state index is 10.6. The number of unbranched alkanes of at least 4 members (excludes halogenated alkanes) is 15. The monoisotopic (exact) mass is 406 g/mol. The van der Waals surface area contributed by atoms with Crippen LogP contribution < -0.4 is 0 Å². The Morgan fingerprint density at radius 3 is 1.30 bits per heavy atom. The minimum Gasteiger partial charge on any atom is -0.393 e. The van der Waals surface area contributed by atoms with Gasteiger partial charge in [0.1, 0.15) is 0 Å². The van der Waals surface area contributed by atoms with Crippen molar-refractivity contribution < 1.29 is 18.1 Å². The third kappa shape index (κ3) is 23.8. The van der Waals surface area contributed by atoms with Gasteiger partial charge in [0.05, 0.1) is 11.9 Å². The van der Waals surface area contributed by atoms with E-state index in [0.717, 1.165) is 12.8 Å². The van der Waals surface area contributed by atoms with Crippen LogP contribution in [0.5, 0.6) is 0 Å². The molecular formula is C22H46O4S. The Morgan fingerprint density at radius 1 is 0.593 bits per heavy atom. The topological polar surface area (TPSA) is 74.6 Å². The van der Waals surface area contributed by atoms with E-state index in [-0.39, 0.29) is 11.9 Å². The molecule has 2 N–H and O–H groups in total. The second-order valence-corrected chi connectivity index (χ2v) is 9.75. The SMILES string of the molecule is CCCCCCCCCCCCCCCCCC(O)CCCCS(=O)(=O)O. The van der Waals surface area contributed by atoms with E-state index < -0.39 is 10.1 Å². The van der Waals surface area contributed by atoms with Gasteiger partial charge < -0.3 is 5.11 Å². The van der Waals surface area contributed by atoms with Crippen molar-refractivity contribution in [2.75, 3.05) is 5.75 Å². The highest BCUT2D eigenvalue weighted by molar-refractivity contribution is 7.85. The summed E-state index contributed by atoms with van der Waals surface area (Å²) in [5, 5.41) is 9.87. The first-order valence-electron chi connectivity index (χ1n) is 11.6. The van der Waals surface area contributed by atoms with Gasteiger partial charge in [-0.25, -0.2) is 0 Å². The summed E-state index contributed by atoms with van der Waals surface area (Å²) in [7, 11) is -3.85. The standard InChI is InChI=1S/C22H46O4S/c1-2-3-4-5-6-7-8-9-10-11-12-13-14-15-16-19-22(23)20-17-18-21-27(24,25)26/h22-23H,2-21H2,1H3,(H,24,25,26). The fraction of sp³-hybridized carbons (Fsp3) is 1.00. The average Bonchev–Trinajstić information content (AvgIpc) is 2.61. The molecule has 0 heterocycles. The number of rotatable bonds is 21. The number of hydrogen-bond acceptors (Lipinski definition) is 3. The summed E-state index contributed by atoms with van der Waals surface area (Å²) in [6.45, 7) is 2.27. The Labute approximate surface area is 169 Å². The first-order valence-corrected chi connectivity index (χ1v) is 13.2. The maximum absolute atomic E-state index is 10.6. The highest BCUT2D eigenvalue weighted by Crippen LogP contribution is 2.15. The summed E-state index contributed by atoms with van der Waals surface area (Å²) in [6, 6.07) is 0. The zero-order valence-electron chi connectivity index (χ0n) is 17.8. The third-order valence-corrected chi connectivity index (χ3v) is 6.14. The Balaban J connectivity index is 3.17. The zero-order valence-corrected chi connectivity index (χ0v) is 18.7. The molecule has 0 radical (unpaired) electrons. The highest BCUT2D eigenvalue weighted by atomic mass is 32.2. The van der Waals surface area contributed by atoms with E-state index in [0.29, 0.717) is 19.3 Å². The summed E-state index contributed by atoms with van der Waals surface area (Å²) in [6.07, 6.45) is 22.3. The van der Waals surface area contributed by atoms with Crippen molar-refractivity contribution in [2.45, 2.75) is 135 Å². The molecule has 0 spiro atoms. The van der Waals surface area contributed by atoms with E-state index in [1.54, 1.807) is 0 Å². The van der Waals surface area contributed by atoms with Gasteiger partial charge in [-0.05, 0) is 25.7 Å². The first-order chi connectivity index (χ1) is 13.0. The van der Waals surface area contributed by atoms with Crippen LogP contribution >= 0.6 is 0 Å². The van der Waals surface area contributed by atoms with Gasteiger partial charge in [0.15, 0.2) is 0 Å². The summed E-state index contributed by atoms with van der Waals surface area (Å²) < 4.78 is 29.8. The second kappa shape index (κ2) is 19.2. The summed E-state index contributed by atoms with van der Waals surface area (Å²) >= 11 is 0. The summed E-state index contributed by atoms with van der Waals surface area (Å²) in [4.78, 5) is 0. The Bertz CT molecular complexity index is 395. The predicted molar refractivity (Wildman–Crippen MR) is 116 cm³/mol. The van der Waals surface area contributed by atoms with Crippen LogP contribution in [0, 0.1) is 0 Å².